The summed E-state index contributed by atoms with van der Waals surface area (Å²) in [4.78, 5) is 15.3. The Balaban J connectivity index is 1.50. The van der Waals surface area contributed by atoms with Crippen molar-refractivity contribution in [2.75, 3.05) is 13.2 Å². The summed E-state index contributed by atoms with van der Waals surface area (Å²) in [7, 11) is 0. The van der Waals surface area contributed by atoms with Gasteiger partial charge in [-0.3, -0.25) is 0 Å². The third kappa shape index (κ3) is 3.56. The highest BCUT2D eigenvalue weighted by molar-refractivity contribution is 5.84. The third-order valence-electron chi connectivity index (χ3n) is 4.41. The summed E-state index contributed by atoms with van der Waals surface area (Å²) in [5.74, 6) is 0.161. The van der Waals surface area contributed by atoms with Crippen molar-refractivity contribution in [1.29, 1.82) is 0 Å². The highest BCUT2D eigenvalue weighted by Gasteiger charge is 2.19. The van der Waals surface area contributed by atoms with Crippen LogP contribution in [-0.4, -0.2) is 35.3 Å². The van der Waals surface area contributed by atoms with E-state index >= 15 is 0 Å². The molecule has 1 aromatic heterocycles. The number of H-pyrrole nitrogens is 1. The first-order chi connectivity index (χ1) is 11.2. The minimum atomic E-state index is -0.157. The maximum atomic E-state index is 11.9. The van der Waals surface area contributed by atoms with Crippen LogP contribution in [0, 0.1) is 12.8 Å². The normalized spacial score (nSPS) is 20.1. The molecule has 0 aliphatic heterocycles. The van der Waals surface area contributed by atoms with Gasteiger partial charge in [0.15, 0.2) is 0 Å². The number of fused-ring (bicyclic) bond motifs is 1. The molecule has 0 unspecified atom stereocenters. The number of para-hydroxylation sites is 1. The minimum Gasteiger partial charge on any atom is -0.396 e. The summed E-state index contributed by atoms with van der Waals surface area (Å²) in [5, 5.41) is 16.1. The monoisotopic (exact) mass is 313 g/mol. The maximum Gasteiger partial charge on any atom is 0.315 e. The summed E-state index contributed by atoms with van der Waals surface area (Å²) in [6.45, 7) is 2.79. The summed E-state index contributed by atoms with van der Waals surface area (Å²) in [6.07, 6.45) is 5.47. The van der Waals surface area contributed by atoms with Gasteiger partial charge in [-0.1, -0.05) is 30.4 Å². The van der Waals surface area contributed by atoms with Gasteiger partial charge in [0.25, 0.3) is 0 Å². The number of aliphatic hydroxyl groups excluding tert-OH is 1. The van der Waals surface area contributed by atoms with Gasteiger partial charge in [0.2, 0.25) is 0 Å². The van der Waals surface area contributed by atoms with Crippen LogP contribution in [-0.2, 0) is 6.42 Å². The Morgan fingerprint density at radius 1 is 1.35 bits per heavy atom. The number of aromatic nitrogens is 1. The second kappa shape index (κ2) is 6.87. The molecule has 0 bridgehead atoms. The summed E-state index contributed by atoms with van der Waals surface area (Å²) in [6, 6.07) is 8.08. The fourth-order valence-corrected chi connectivity index (χ4v) is 3.19. The molecule has 23 heavy (non-hydrogen) atoms. The molecular formula is C18H23N3O2. The molecule has 0 spiro atoms. The summed E-state index contributed by atoms with van der Waals surface area (Å²) < 4.78 is 0. The van der Waals surface area contributed by atoms with Crippen LogP contribution in [0.4, 0.5) is 4.79 Å². The molecular weight excluding hydrogens is 290 g/mol. The first-order valence-electron chi connectivity index (χ1n) is 8.07. The number of aromatic amines is 1. The number of benzene rings is 1. The number of nitrogens with one attached hydrogen (secondary N) is 3. The van der Waals surface area contributed by atoms with Crippen molar-refractivity contribution in [3.63, 3.8) is 0 Å². The Morgan fingerprint density at radius 3 is 2.96 bits per heavy atom. The van der Waals surface area contributed by atoms with Gasteiger partial charge < -0.3 is 20.7 Å². The lowest BCUT2D eigenvalue weighted by Gasteiger charge is -2.13. The van der Waals surface area contributed by atoms with Crippen LogP contribution in [0.25, 0.3) is 10.9 Å². The number of aryl methyl sites for hydroxylation is 1. The van der Waals surface area contributed by atoms with E-state index in [4.69, 9.17) is 5.11 Å². The minimum absolute atomic E-state index is 0.0157. The van der Waals surface area contributed by atoms with Gasteiger partial charge >= 0.3 is 6.03 Å². The van der Waals surface area contributed by atoms with Crippen molar-refractivity contribution in [3.8, 4) is 0 Å². The van der Waals surface area contributed by atoms with Crippen LogP contribution in [0.2, 0.25) is 0 Å². The molecule has 1 heterocycles. The number of hydrogen-bond donors (Lipinski definition) is 4. The largest absolute Gasteiger partial charge is 0.396 e. The zero-order valence-corrected chi connectivity index (χ0v) is 13.3. The van der Waals surface area contributed by atoms with E-state index in [-0.39, 0.29) is 24.6 Å². The Kier molecular flexibility index (Phi) is 4.67. The van der Waals surface area contributed by atoms with Crippen LogP contribution >= 0.6 is 0 Å². The Morgan fingerprint density at radius 2 is 2.17 bits per heavy atom. The SMILES string of the molecule is Cc1[nH]c2ccccc2c1CCNC(=O)N[C@@H]1C=C[C@H](CO)C1. The molecule has 122 valence electrons. The van der Waals surface area contributed by atoms with E-state index in [0.717, 1.165) is 24.1 Å². The maximum absolute atomic E-state index is 11.9. The molecule has 2 aromatic rings. The van der Waals surface area contributed by atoms with Gasteiger partial charge in [0.1, 0.15) is 0 Å². The lowest BCUT2D eigenvalue weighted by Crippen LogP contribution is -2.41. The molecule has 0 saturated carbocycles. The summed E-state index contributed by atoms with van der Waals surface area (Å²) in [5.41, 5.74) is 3.54. The number of aliphatic hydroxyl groups is 1. The molecule has 4 N–H and O–H groups in total. The topological polar surface area (TPSA) is 77.2 Å². The zero-order chi connectivity index (χ0) is 16.2. The Labute approximate surface area is 135 Å². The Hall–Kier alpha value is -2.27. The number of amides is 2. The molecule has 2 amide bonds. The average molecular weight is 313 g/mol. The Bertz CT molecular complexity index is 720. The van der Waals surface area contributed by atoms with E-state index in [9.17, 15) is 4.79 Å². The average Bonchev–Trinajstić information content (AvgIpc) is 3.12. The van der Waals surface area contributed by atoms with E-state index in [2.05, 4.69) is 34.7 Å². The van der Waals surface area contributed by atoms with Crippen LogP contribution in [0.15, 0.2) is 36.4 Å². The summed E-state index contributed by atoms with van der Waals surface area (Å²) >= 11 is 0. The zero-order valence-electron chi connectivity index (χ0n) is 13.3. The molecule has 1 aromatic carbocycles. The molecule has 3 rings (SSSR count). The molecule has 0 fully saturated rings. The smallest absolute Gasteiger partial charge is 0.315 e. The van der Waals surface area contributed by atoms with Crippen molar-refractivity contribution in [1.82, 2.24) is 15.6 Å². The predicted molar refractivity (Wildman–Crippen MR) is 91.4 cm³/mol. The van der Waals surface area contributed by atoms with Gasteiger partial charge in [-0.25, -0.2) is 4.79 Å². The highest BCUT2D eigenvalue weighted by Crippen LogP contribution is 2.22. The molecule has 1 aliphatic carbocycles. The first kappa shape index (κ1) is 15.6. The van der Waals surface area contributed by atoms with E-state index in [1.807, 2.05) is 24.3 Å². The molecule has 1 aliphatic rings. The lowest BCUT2D eigenvalue weighted by molar-refractivity contribution is 0.231. The van der Waals surface area contributed by atoms with E-state index in [0.29, 0.717) is 6.54 Å². The molecule has 5 heteroatoms. The van der Waals surface area contributed by atoms with Crippen molar-refractivity contribution in [2.24, 2.45) is 5.92 Å². The van der Waals surface area contributed by atoms with Crippen LogP contribution in [0.5, 0.6) is 0 Å². The standard InChI is InChI=1S/C18H23N3O2/c1-12-15(16-4-2-3-5-17(16)20-12)8-9-19-18(23)21-14-7-6-13(10-14)11-22/h2-7,13-14,20,22H,8-11H2,1H3,(H2,19,21,23)/t13-,14+/m0/s1. The van der Waals surface area contributed by atoms with Gasteiger partial charge in [-0.05, 0) is 31.4 Å². The molecule has 0 radical (unpaired) electrons. The second-order valence-electron chi connectivity index (χ2n) is 6.09. The van der Waals surface area contributed by atoms with Gasteiger partial charge in [-0.2, -0.15) is 0 Å². The third-order valence-corrected chi connectivity index (χ3v) is 4.41. The lowest BCUT2D eigenvalue weighted by atomic mass is 10.1. The number of carbonyl (C=O) groups excluding carboxylic acids is 1. The van der Waals surface area contributed by atoms with Crippen molar-refractivity contribution < 1.29 is 9.90 Å². The number of hydrogen-bond acceptors (Lipinski definition) is 2. The van der Waals surface area contributed by atoms with Gasteiger partial charge in [0.05, 0.1) is 0 Å². The fourth-order valence-electron chi connectivity index (χ4n) is 3.19. The predicted octanol–water partition coefficient (Wildman–Crippen LogP) is 2.26. The number of urea groups is 1. The molecule has 5 nitrogen and oxygen atoms in total. The molecule has 0 saturated heterocycles. The van der Waals surface area contributed by atoms with Gasteiger partial charge in [-0.15, -0.1) is 0 Å². The second-order valence-corrected chi connectivity index (χ2v) is 6.09. The van der Waals surface area contributed by atoms with Crippen molar-refractivity contribution in [2.45, 2.75) is 25.8 Å². The highest BCUT2D eigenvalue weighted by atomic mass is 16.3. The van der Waals surface area contributed by atoms with Crippen LogP contribution in [0.3, 0.4) is 0 Å². The van der Waals surface area contributed by atoms with E-state index < -0.39 is 0 Å². The van der Waals surface area contributed by atoms with Crippen molar-refractivity contribution in [3.05, 3.63) is 47.7 Å². The number of carbonyl (C=O) groups is 1. The van der Waals surface area contributed by atoms with E-state index in [1.54, 1.807) is 0 Å². The van der Waals surface area contributed by atoms with Crippen LogP contribution in [0.1, 0.15) is 17.7 Å². The molecule has 2 atom stereocenters. The first-order valence-corrected chi connectivity index (χ1v) is 8.07. The van der Waals surface area contributed by atoms with Gasteiger partial charge in [0, 0.05) is 41.7 Å². The van der Waals surface area contributed by atoms with Crippen molar-refractivity contribution >= 4 is 16.9 Å². The van der Waals surface area contributed by atoms with Crippen LogP contribution < -0.4 is 10.6 Å². The van der Waals surface area contributed by atoms with E-state index in [1.165, 1.54) is 10.9 Å². The number of rotatable bonds is 5. The quantitative estimate of drug-likeness (QED) is 0.639. The fraction of sp³-hybridized carbons (Fsp3) is 0.389.